The number of rotatable bonds is 8. The van der Waals surface area contributed by atoms with Gasteiger partial charge in [-0.3, -0.25) is 4.55 Å². The number of hydrogen-bond donors (Lipinski definition) is 1. The minimum absolute atomic E-state index is 0.0883. The molecule has 0 aliphatic heterocycles. The SMILES string of the molecule is CCCCCCOCCS(=O)(=O)O. The molecular weight excluding hydrogens is 192 g/mol. The maximum atomic E-state index is 10.2. The van der Waals surface area contributed by atoms with Crippen LogP contribution in [-0.2, 0) is 14.9 Å². The molecule has 0 aromatic heterocycles. The molecule has 1 N–H and O–H groups in total. The van der Waals surface area contributed by atoms with Crippen molar-refractivity contribution in [1.29, 1.82) is 0 Å². The summed E-state index contributed by atoms with van der Waals surface area (Å²) >= 11 is 0. The fraction of sp³-hybridized carbons (Fsp3) is 1.00. The average molecular weight is 210 g/mol. The van der Waals surface area contributed by atoms with E-state index < -0.39 is 10.1 Å². The Morgan fingerprint density at radius 2 is 1.85 bits per heavy atom. The maximum absolute atomic E-state index is 10.2. The van der Waals surface area contributed by atoms with Gasteiger partial charge in [0, 0.05) is 6.61 Å². The van der Waals surface area contributed by atoms with Crippen molar-refractivity contribution in [3.8, 4) is 0 Å². The maximum Gasteiger partial charge on any atom is 0.267 e. The van der Waals surface area contributed by atoms with E-state index in [0.717, 1.165) is 12.8 Å². The van der Waals surface area contributed by atoms with E-state index in [0.29, 0.717) is 6.61 Å². The van der Waals surface area contributed by atoms with Gasteiger partial charge in [0.2, 0.25) is 0 Å². The number of unbranched alkanes of at least 4 members (excludes halogenated alkanes) is 3. The molecule has 0 aliphatic rings. The van der Waals surface area contributed by atoms with Crippen LogP contribution in [0.4, 0.5) is 0 Å². The Morgan fingerprint density at radius 1 is 1.15 bits per heavy atom. The largest absolute Gasteiger partial charge is 0.380 e. The topological polar surface area (TPSA) is 63.6 Å². The van der Waals surface area contributed by atoms with Gasteiger partial charge in [-0.2, -0.15) is 8.42 Å². The van der Waals surface area contributed by atoms with Gasteiger partial charge >= 0.3 is 0 Å². The van der Waals surface area contributed by atoms with Crippen molar-refractivity contribution < 1.29 is 17.7 Å². The first-order valence-electron chi connectivity index (χ1n) is 4.59. The van der Waals surface area contributed by atoms with Crippen LogP contribution in [0.2, 0.25) is 0 Å². The van der Waals surface area contributed by atoms with E-state index in [1.165, 1.54) is 12.8 Å². The van der Waals surface area contributed by atoms with Crippen molar-refractivity contribution in [2.45, 2.75) is 32.6 Å². The quantitative estimate of drug-likeness (QED) is 0.487. The summed E-state index contributed by atoms with van der Waals surface area (Å²) in [7, 11) is -3.85. The fourth-order valence-electron chi connectivity index (χ4n) is 0.897. The van der Waals surface area contributed by atoms with E-state index in [-0.39, 0.29) is 12.4 Å². The van der Waals surface area contributed by atoms with Gasteiger partial charge in [0.05, 0.1) is 12.4 Å². The standard InChI is InChI=1S/C8H18O4S/c1-2-3-4-5-6-12-7-8-13(9,10)11/h2-8H2,1H3,(H,9,10,11). The van der Waals surface area contributed by atoms with Gasteiger partial charge in [0.25, 0.3) is 10.1 Å². The first kappa shape index (κ1) is 12.9. The molecular formula is C8H18O4S. The average Bonchev–Trinajstić information content (AvgIpc) is 2.01. The van der Waals surface area contributed by atoms with Crippen molar-refractivity contribution >= 4 is 10.1 Å². The Bertz CT molecular complexity index is 198. The summed E-state index contributed by atoms with van der Waals surface area (Å²) in [4.78, 5) is 0. The zero-order chi connectivity index (χ0) is 10.2. The van der Waals surface area contributed by atoms with Crippen LogP contribution in [0.15, 0.2) is 0 Å². The van der Waals surface area contributed by atoms with E-state index in [1.807, 2.05) is 0 Å². The predicted octanol–water partition coefficient (Wildman–Crippen LogP) is 1.47. The van der Waals surface area contributed by atoms with Crippen molar-refractivity contribution in [2.24, 2.45) is 0 Å². The molecule has 0 unspecified atom stereocenters. The summed E-state index contributed by atoms with van der Waals surface area (Å²) in [6.45, 7) is 2.79. The predicted molar refractivity (Wildman–Crippen MR) is 51.4 cm³/mol. The Kier molecular flexibility index (Phi) is 7.22. The van der Waals surface area contributed by atoms with Crippen LogP contribution in [0.3, 0.4) is 0 Å². The minimum Gasteiger partial charge on any atom is -0.380 e. The van der Waals surface area contributed by atoms with Crippen molar-refractivity contribution in [3.05, 3.63) is 0 Å². The third-order valence-electron chi connectivity index (χ3n) is 1.63. The molecule has 0 aromatic carbocycles. The normalized spacial score (nSPS) is 11.8. The number of hydrogen-bond acceptors (Lipinski definition) is 3. The lowest BCUT2D eigenvalue weighted by Gasteiger charge is -2.01. The summed E-state index contributed by atoms with van der Waals surface area (Å²) in [5, 5.41) is 0. The van der Waals surface area contributed by atoms with Gasteiger partial charge < -0.3 is 4.74 Å². The second-order valence-corrected chi connectivity index (χ2v) is 4.53. The molecule has 0 radical (unpaired) electrons. The van der Waals surface area contributed by atoms with Crippen molar-refractivity contribution in [2.75, 3.05) is 19.0 Å². The van der Waals surface area contributed by atoms with Gasteiger partial charge in [-0.1, -0.05) is 26.2 Å². The Morgan fingerprint density at radius 3 is 2.38 bits per heavy atom. The van der Waals surface area contributed by atoms with Crippen molar-refractivity contribution in [3.63, 3.8) is 0 Å². The third-order valence-corrected chi connectivity index (χ3v) is 2.31. The Hall–Kier alpha value is -0.130. The van der Waals surface area contributed by atoms with E-state index in [9.17, 15) is 8.42 Å². The van der Waals surface area contributed by atoms with Crippen LogP contribution in [0.5, 0.6) is 0 Å². The van der Waals surface area contributed by atoms with Crippen LogP contribution in [0, 0.1) is 0 Å². The molecule has 0 aromatic rings. The van der Waals surface area contributed by atoms with Gasteiger partial charge in [-0.15, -0.1) is 0 Å². The van der Waals surface area contributed by atoms with Crippen LogP contribution in [0.25, 0.3) is 0 Å². The molecule has 0 bridgehead atoms. The summed E-state index contributed by atoms with van der Waals surface area (Å²) < 4.78 is 33.9. The first-order valence-corrected chi connectivity index (χ1v) is 6.20. The lowest BCUT2D eigenvalue weighted by atomic mass is 10.2. The highest BCUT2D eigenvalue weighted by molar-refractivity contribution is 7.85. The van der Waals surface area contributed by atoms with Gasteiger partial charge in [-0.25, -0.2) is 0 Å². The summed E-state index contributed by atoms with van der Waals surface area (Å²) in [6.07, 6.45) is 4.42. The highest BCUT2D eigenvalue weighted by Gasteiger charge is 2.02. The Balaban J connectivity index is 3.09. The fourth-order valence-corrected chi connectivity index (χ4v) is 1.23. The zero-order valence-electron chi connectivity index (χ0n) is 8.03. The molecule has 0 saturated heterocycles. The Labute approximate surface area is 80.0 Å². The molecule has 0 heterocycles. The van der Waals surface area contributed by atoms with E-state index >= 15 is 0 Å². The van der Waals surface area contributed by atoms with Crippen LogP contribution in [-0.4, -0.2) is 31.9 Å². The van der Waals surface area contributed by atoms with Gasteiger partial charge in [0.1, 0.15) is 0 Å². The lowest BCUT2D eigenvalue weighted by molar-refractivity contribution is 0.143. The lowest BCUT2D eigenvalue weighted by Crippen LogP contribution is -2.11. The molecule has 0 spiro atoms. The summed E-state index contributed by atoms with van der Waals surface area (Å²) in [5.74, 6) is -0.305. The van der Waals surface area contributed by atoms with Gasteiger partial charge in [0.15, 0.2) is 0 Å². The molecule has 13 heavy (non-hydrogen) atoms. The highest BCUT2D eigenvalue weighted by atomic mass is 32.2. The minimum atomic E-state index is -3.85. The molecule has 4 nitrogen and oxygen atoms in total. The molecule has 0 atom stereocenters. The highest BCUT2D eigenvalue weighted by Crippen LogP contribution is 1.98. The van der Waals surface area contributed by atoms with Crippen LogP contribution < -0.4 is 0 Å². The summed E-state index contributed by atoms with van der Waals surface area (Å²) in [5.41, 5.74) is 0. The smallest absolute Gasteiger partial charge is 0.267 e. The molecule has 0 fully saturated rings. The molecule has 0 saturated carbocycles. The first-order chi connectivity index (χ1) is 6.06. The van der Waals surface area contributed by atoms with Crippen molar-refractivity contribution in [1.82, 2.24) is 0 Å². The molecule has 0 aliphatic carbocycles. The molecule has 0 amide bonds. The van der Waals surface area contributed by atoms with Crippen LogP contribution >= 0.6 is 0 Å². The zero-order valence-corrected chi connectivity index (χ0v) is 8.85. The monoisotopic (exact) mass is 210 g/mol. The van der Waals surface area contributed by atoms with E-state index in [1.54, 1.807) is 0 Å². The number of ether oxygens (including phenoxy) is 1. The van der Waals surface area contributed by atoms with Crippen LogP contribution in [0.1, 0.15) is 32.6 Å². The van der Waals surface area contributed by atoms with E-state index in [2.05, 4.69) is 6.92 Å². The summed E-state index contributed by atoms with van der Waals surface area (Å²) in [6, 6.07) is 0. The second kappa shape index (κ2) is 7.29. The second-order valence-electron chi connectivity index (χ2n) is 2.96. The van der Waals surface area contributed by atoms with E-state index in [4.69, 9.17) is 9.29 Å². The molecule has 5 heteroatoms. The van der Waals surface area contributed by atoms with Gasteiger partial charge in [-0.05, 0) is 6.42 Å². The molecule has 80 valence electrons. The molecule has 0 rings (SSSR count). The third kappa shape index (κ3) is 11.9.